The summed E-state index contributed by atoms with van der Waals surface area (Å²) in [6.07, 6.45) is 1.48. The van der Waals surface area contributed by atoms with Crippen LogP contribution in [0, 0.1) is 6.92 Å². The van der Waals surface area contributed by atoms with Gasteiger partial charge in [0.15, 0.2) is 0 Å². The van der Waals surface area contributed by atoms with E-state index in [0.29, 0.717) is 29.4 Å². The second-order valence-corrected chi connectivity index (χ2v) is 6.38. The summed E-state index contributed by atoms with van der Waals surface area (Å²) in [6.45, 7) is 3.85. The van der Waals surface area contributed by atoms with Crippen molar-refractivity contribution in [3.63, 3.8) is 0 Å². The Bertz CT molecular complexity index is 1160. The average Bonchev–Trinajstić information content (AvgIpc) is 3.31. The molecule has 0 bridgehead atoms. The molecule has 0 saturated carbocycles. The van der Waals surface area contributed by atoms with E-state index in [9.17, 15) is 9.59 Å². The number of H-pyrrole nitrogens is 1. The summed E-state index contributed by atoms with van der Waals surface area (Å²) in [5, 5.41) is 7.02. The van der Waals surface area contributed by atoms with Gasteiger partial charge in [-0.1, -0.05) is 12.1 Å². The summed E-state index contributed by atoms with van der Waals surface area (Å²) in [5.74, 6) is -0.291. The van der Waals surface area contributed by atoms with E-state index < -0.39 is 5.97 Å². The molecule has 0 unspecified atom stereocenters. The van der Waals surface area contributed by atoms with Crippen LogP contribution in [0.25, 0.3) is 16.7 Å². The number of aromatic nitrogens is 4. The molecular formula is C21H19N5O3. The molecule has 29 heavy (non-hydrogen) atoms. The van der Waals surface area contributed by atoms with Gasteiger partial charge in [0, 0.05) is 5.56 Å². The molecule has 2 N–H and O–H groups in total. The van der Waals surface area contributed by atoms with Crippen molar-refractivity contribution in [2.75, 3.05) is 11.9 Å². The van der Waals surface area contributed by atoms with E-state index in [4.69, 9.17) is 4.74 Å². The van der Waals surface area contributed by atoms with Crippen LogP contribution in [0.2, 0.25) is 0 Å². The Hall–Kier alpha value is -3.94. The molecule has 0 fully saturated rings. The van der Waals surface area contributed by atoms with Crippen molar-refractivity contribution in [1.82, 2.24) is 19.7 Å². The smallest absolute Gasteiger partial charge is 0.341 e. The summed E-state index contributed by atoms with van der Waals surface area (Å²) in [6, 6.07) is 14.5. The van der Waals surface area contributed by atoms with Crippen LogP contribution in [0.3, 0.4) is 0 Å². The Labute approximate surface area is 166 Å². The van der Waals surface area contributed by atoms with E-state index in [-0.39, 0.29) is 5.91 Å². The van der Waals surface area contributed by atoms with Gasteiger partial charge in [0.05, 0.1) is 35.2 Å². The molecule has 2 heterocycles. The van der Waals surface area contributed by atoms with Crippen molar-refractivity contribution in [3.05, 3.63) is 71.5 Å². The standard InChI is InChI=1S/C21H19N5O3/c1-3-29-20(28)16-12-22-26(13(16)2)15-10-8-14(9-11-15)19(27)25-21-23-17-6-4-5-7-18(17)24-21/h4-12H,3H2,1-2H3,(H2,23,24,25,27). The van der Waals surface area contributed by atoms with E-state index >= 15 is 0 Å². The van der Waals surface area contributed by atoms with Gasteiger partial charge in [-0.3, -0.25) is 10.1 Å². The van der Waals surface area contributed by atoms with Crippen LogP contribution in [0.4, 0.5) is 5.95 Å². The van der Waals surface area contributed by atoms with E-state index in [1.807, 2.05) is 24.3 Å². The predicted octanol–water partition coefficient (Wildman–Crippen LogP) is 3.49. The molecule has 0 aliphatic carbocycles. The van der Waals surface area contributed by atoms with Crippen LogP contribution in [0.15, 0.2) is 54.7 Å². The van der Waals surface area contributed by atoms with E-state index in [1.54, 1.807) is 42.8 Å². The maximum Gasteiger partial charge on any atom is 0.341 e. The van der Waals surface area contributed by atoms with Gasteiger partial charge in [0.25, 0.3) is 5.91 Å². The highest BCUT2D eigenvalue weighted by atomic mass is 16.5. The Balaban J connectivity index is 1.51. The molecule has 2 aromatic heterocycles. The van der Waals surface area contributed by atoms with E-state index in [0.717, 1.165) is 16.7 Å². The third-order valence-electron chi connectivity index (χ3n) is 4.50. The molecule has 1 amide bonds. The number of carbonyl (C=O) groups is 2. The Morgan fingerprint density at radius 2 is 1.90 bits per heavy atom. The minimum atomic E-state index is -0.405. The van der Waals surface area contributed by atoms with Gasteiger partial charge in [0.2, 0.25) is 5.95 Å². The van der Waals surface area contributed by atoms with Crippen molar-refractivity contribution < 1.29 is 14.3 Å². The van der Waals surface area contributed by atoms with Crippen LogP contribution in [0.1, 0.15) is 33.3 Å². The number of imidazole rings is 1. The highest BCUT2D eigenvalue weighted by Gasteiger charge is 2.16. The lowest BCUT2D eigenvalue weighted by molar-refractivity contribution is 0.0525. The van der Waals surface area contributed by atoms with Crippen molar-refractivity contribution >= 4 is 28.9 Å². The number of nitrogens with zero attached hydrogens (tertiary/aromatic N) is 3. The summed E-state index contributed by atoms with van der Waals surface area (Å²) >= 11 is 0. The fourth-order valence-electron chi connectivity index (χ4n) is 3.02. The van der Waals surface area contributed by atoms with E-state index in [1.165, 1.54) is 6.20 Å². The number of hydrogen-bond donors (Lipinski definition) is 2. The molecule has 0 saturated heterocycles. The third kappa shape index (κ3) is 3.60. The molecular weight excluding hydrogens is 370 g/mol. The van der Waals surface area contributed by atoms with Crippen molar-refractivity contribution in [3.8, 4) is 5.69 Å². The number of ether oxygens (including phenoxy) is 1. The first-order valence-electron chi connectivity index (χ1n) is 9.15. The number of amides is 1. The largest absolute Gasteiger partial charge is 0.462 e. The quantitative estimate of drug-likeness (QED) is 0.509. The SMILES string of the molecule is CCOC(=O)c1cnn(-c2ccc(C(=O)Nc3nc4ccccc4[nH]3)cc2)c1C. The number of nitrogens with one attached hydrogen (secondary N) is 2. The number of carbonyl (C=O) groups excluding carboxylic acids is 2. The van der Waals surface area contributed by atoms with Gasteiger partial charge in [0.1, 0.15) is 5.56 Å². The molecule has 0 spiro atoms. The molecule has 4 aromatic rings. The molecule has 0 atom stereocenters. The normalized spacial score (nSPS) is 10.8. The van der Waals surface area contributed by atoms with Gasteiger partial charge < -0.3 is 9.72 Å². The topological polar surface area (TPSA) is 102 Å². The minimum Gasteiger partial charge on any atom is -0.462 e. The molecule has 8 nitrogen and oxygen atoms in total. The third-order valence-corrected chi connectivity index (χ3v) is 4.50. The number of para-hydroxylation sites is 2. The fraction of sp³-hybridized carbons (Fsp3) is 0.143. The van der Waals surface area contributed by atoms with Crippen LogP contribution in [-0.4, -0.2) is 38.2 Å². The number of benzene rings is 2. The number of fused-ring (bicyclic) bond motifs is 1. The van der Waals surface area contributed by atoms with Crippen LogP contribution >= 0.6 is 0 Å². The highest BCUT2D eigenvalue weighted by molar-refractivity contribution is 6.04. The lowest BCUT2D eigenvalue weighted by Crippen LogP contribution is -2.13. The zero-order chi connectivity index (χ0) is 20.4. The first-order valence-corrected chi connectivity index (χ1v) is 9.15. The van der Waals surface area contributed by atoms with Crippen molar-refractivity contribution in [2.45, 2.75) is 13.8 Å². The Morgan fingerprint density at radius 3 is 2.62 bits per heavy atom. The van der Waals surface area contributed by atoms with Gasteiger partial charge in [-0.25, -0.2) is 14.5 Å². The summed E-state index contributed by atoms with van der Waals surface area (Å²) in [5.41, 5.74) is 3.93. The molecule has 0 aliphatic rings. The zero-order valence-corrected chi connectivity index (χ0v) is 16.0. The van der Waals surface area contributed by atoms with Crippen molar-refractivity contribution in [2.24, 2.45) is 0 Å². The van der Waals surface area contributed by atoms with Gasteiger partial charge >= 0.3 is 5.97 Å². The van der Waals surface area contributed by atoms with Crippen LogP contribution in [-0.2, 0) is 4.74 Å². The van der Waals surface area contributed by atoms with Gasteiger partial charge in [-0.05, 0) is 50.2 Å². The number of anilines is 1. The Kier molecular flexibility index (Phi) is 4.82. The summed E-state index contributed by atoms with van der Waals surface area (Å²) < 4.78 is 6.66. The molecule has 0 radical (unpaired) electrons. The molecule has 0 aliphatic heterocycles. The van der Waals surface area contributed by atoms with Crippen molar-refractivity contribution in [1.29, 1.82) is 0 Å². The lowest BCUT2D eigenvalue weighted by Gasteiger charge is -2.07. The van der Waals surface area contributed by atoms with Gasteiger partial charge in [-0.15, -0.1) is 0 Å². The molecule has 4 rings (SSSR count). The summed E-state index contributed by atoms with van der Waals surface area (Å²) in [4.78, 5) is 31.9. The summed E-state index contributed by atoms with van der Waals surface area (Å²) in [7, 11) is 0. The second kappa shape index (κ2) is 7.59. The number of esters is 1. The average molecular weight is 389 g/mol. The fourth-order valence-corrected chi connectivity index (χ4v) is 3.02. The molecule has 146 valence electrons. The predicted molar refractivity (Wildman–Crippen MR) is 108 cm³/mol. The maximum absolute atomic E-state index is 12.5. The number of rotatable bonds is 5. The lowest BCUT2D eigenvalue weighted by atomic mass is 10.2. The highest BCUT2D eigenvalue weighted by Crippen LogP contribution is 2.17. The monoisotopic (exact) mass is 389 g/mol. The molecule has 2 aromatic carbocycles. The first kappa shape index (κ1) is 18.4. The van der Waals surface area contributed by atoms with Gasteiger partial charge in [-0.2, -0.15) is 5.10 Å². The van der Waals surface area contributed by atoms with Crippen LogP contribution < -0.4 is 5.32 Å². The second-order valence-electron chi connectivity index (χ2n) is 6.38. The van der Waals surface area contributed by atoms with E-state index in [2.05, 4.69) is 20.4 Å². The molecule has 8 heteroatoms. The first-order chi connectivity index (χ1) is 14.1. The number of aromatic amines is 1. The van der Waals surface area contributed by atoms with Crippen LogP contribution in [0.5, 0.6) is 0 Å². The Morgan fingerprint density at radius 1 is 1.14 bits per heavy atom. The maximum atomic E-state index is 12.5. The number of hydrogen-bond acceptors (Lipinski definition) is 5. The zero-order valence-electron chi connectivity index (χ0n) is 16.0. The minimum absolute atomic E-state index is 0.278.